The van der Waals surface area contributed by atoms with E-state index in [1.54, 1.807) is 19.2 Å². The Bertz CT molecular complexity index is 2340. The van der Waals surface area contributed by atoms with Crippen LogP contribution in [0.5, 0.6) is 0 Å². The minimum Gasteiger partial charge on any atom is -0.481 e. The van der Waals surface area contributed by atoms with Crippen LogP contribution < -0.4 is 16.0 Å². The van der Waals surface area contributed by atoms with Crippen molar-refractivity contribution < 1.29 is 71.8 Å². The number of aliphatic carboxylic acids is 1. The minimum absolute atomic E-state index is 0.00670. The van der Waals surface area contributed by atoms with Crippen LogP contribution in [0, 0.1) is 22.7 Å². The normalized spacial score (nSPS) is 31.3. The molecule has 0 spiro atoms. The number of Topliss-reactive ketones (excluding diaryl/α,β-unsaturated/α-hetero) is 1. The number of carboxylic acid groups (broad SMARTS) is 1. The molecule has 0 aromatic heterocycles. The van der Waals surface area contributed by atoms with Gasteiger partial charge < -0.3 is 50.2 Å². The van der Waals surface area contributed by atoms with Crippen molar-refractivity contribution in [2.75, 3.05) is 57.7 Å². The highest BCUT2D eigenvalue weighted by Gasteiger charge is 2.80. The molecule has 374 valence electrons. The van der Waals surface area contributed by atoms with E-state index in [-0.39, 0.29) is 95.4 Å². The maximum Gasteiger partial charge on any atom is 0.305 e. The van der Waals surface area contributed by atoms with Crippen molar-refractivity contribution in [1.82, 2.24) is 10.6 Å². The molecule has 2 aromatic rings. The summed E-state index contributed by atoms with van der Waals surface area (Å²) in [7, 11) is 0. The first-order chi connectivity index (χ1) is 32.9. The zero-order valence-electron chi connectivity index (χ0n) is 38.9. The number of alkyl halides is 2. The summed E-state index contributed by atoms with van der Waals surface area (Å²) in [4.78, 5) is 73.8. The van der Waals surface area contributed by atoms with Gasteiger partial charge in [-0.25, -0.2) is 8.78 Å². The molecule has 69 heavy (non-hydrogen) atoms. The van der Waals surface area contributed by atoms with Gasteiger partial charge in [-0.2, -0.15) is 11.8 Å². The van der Waals surface area contributed by atoms with Crippen molar-refractivity contribution in [3.8, 4) is 0 Å². The molecule has 1 unspecified atom stereocenters. The number of ketones is 2. The first-order valence-corrected chi connectivity index (χ1v) is 24.5. The number of hydrogen-bond donors (Lipinski definition) is 6. The van der Waals surface area contributed by atoms with Crippen LogP contribution in [0.15, 0.2) is 72.3 Å². The molecule has 1 aliphatic heterocycles. The van der Waals surface area contributed by atoms with Gasteiger partial charge in [0.15, 0.2) is 29.1 Å². The Kier molecular flexibility index (Phi) is 16.3. The second kappa shape index (κ2) is 21.6. The molecule has 4 aliphatic carbocycles. The first kappa shape index (κ1) is 51.9. The number of anilines is 1. The Hall–Kier alpha value is -4.89. The van der Waals surface area contributed by atoms with Crippen molar-refractivity contribution in [3.63, 3.8) is 0 Å². The van der Waals surface area contributed by atoms with Gasteiger partial charge >= 0.3 is 5.97 Å². The molecule has 6 N–H and O–H groups in total. The predicted octanol–water partition coefficient (Wildman–Crippen LogP) is 4.11. The summed E-state index contributed by atoms with van der Waals surface area (Å²) in [6.45, 7) is 3.61. The minimum atomic E-state index is -2.34. The van der Waals surface area contributed by atoms with Crippen LogP contribution in [0.4, 0.5) is 14.5 Å². The predicted molar refractivity (Wildman–Crippen MR) is 248 cm³/mol. The van der Waals surface area contributed by atoms with Crippen molar-refractivity contribution in [3.05, 3.63) is 89.0 Å². The highest BCUT2D eigenvalue weighted by molar-refractivity contribution is 7.99. The van der Waals surface area contributed by atoms with Crippen LogP contribution in [0.1, 0.15) is 75.4 Å². The largest absolute Gasteiger partial charge is 0.481 e. The number of amides is 3. The van der Waals surface area contributed by atoms with Gasteiger partial charge in [-0.1, -0.05) is 49.4 Å². The molecular formula is C50H61F2N3O13S. The lowest BCUT2D eigenvalue weighted by molar-refractivity contribution is -0.235. The van der Waals surface area contributed by atoms with Crippen LogP contribution in [0.3, 0.4) is 0 Å². The van der Waals surface area contributed by atoms with E-state index in [1.807, 2.05) is 42.5 Å². The standard InChI is InChI=1S/C50H61F2N3O13S/c1-47-14-11-33(57)23-36(47)37(51)24-35-34-25-41-50(40(59)28-56,48(34,2)27-39(58)49(35,47)52)68-46(67-41)31-9-7-29(8-10-31)21-30-5-4-6-32(22-30)55-43(61)13-17-65-19-20-66-18-16-53-42(60)12-15-54-45(64)38(69-3)26-44(62)63/h4-11,14,22-23,34-35,37-39,41,46,56,58H,12-13,15-21,24-28H2,1-3H3,(H,53,60)(H,54,64)(H,55,61)(H,62,63)/t34-,35-,37-,38?,39-,41+,46+,47-,48-,49-,50+/m0/s1. The molecular weight excluding hydrogens is 921 g/mol. The van der Waals surface area contributed by atoms with Gasteiger partial charge in [0.2, 0.25) is 17.7 Å². The highest BCUT2D eigenvalue weighted by Crippen LogP contribution is 2.72. The Labute approximate surface area is 403 Å². The third-order valence-corrected chi connectivity index (χ3v) is 15.8. The Balaban J connectivity index is 0.847. The molecule has 11 atom stereocenters. The third-order valence-electron chi connectivity index (χ3n) is 14.8. The van der Waals surface area contributed by atoms with E-state index in [0.717, 1.165) is 29.0 Å². The highest BCUT2D eigenvalue weighted by atomic mass is 32.2. The average molecular weight is 982 g/mol. The molecule has 19 heteroatoms. The van der Waals surface area contributed by atoms with Crippen LogP contribution in [0.2, 0.25) is 0 Å². The van der Waals surface area contributed by atoms with Gasteiger partial charge in [0, 0.05) is 47.5 Å². The fourth-order valence-electron chi connectivity index (χ4n) is 11.4. The van der Waals surface area contributed by atoms with Crippen LogP contribution in [0.25, 0.3) is 0 Å². The van der Waals surface area contributed by atoms with Gasteiger partial charge in [0.1, 0.15) is 12.8 Å². The summed E-state index contributed by atoms with van der Waals surface area (Å²) in [6.07, 6.45) is 0.131. The number of thioether (sulfide) groups is 1. The molecule has 4 fully saturated rings. The number of rotatable bonds is 22. The summed E-state index contributed by atoms with van der Waals surface area (Å²) >= 11 is 1.13. The van der Waals surface area contributed by atoms with Crippen LogP contribution in [-0.4, -0.2) is 138 Å². The molecule has 1 heterocycles. The molecule has 0 radical (unpaired) electrons. The Morgan fingerprint density at radius 1 is 0.928 bits per heavy atom. The van der Waals surface area contributed by atoms with E-state index in [0.29, 0.717) is 17.7 Å². The lowest BCUT2D eigenvalue weighted by Gasteiger charge is -2.63. The molecule has 2 aromatic carbocycles. The van der Waals surface area contributed by atoms with E-state index >= 15 is 8.78 Å². The monoisotopic (exact) mass is 981 g/mol. The van der Waals surface area contributed by atoms with Crippen molar-refractivity contribution in [2.45, 2.75) is 100.0 Å². The Morgan fingerprint density at radius 3 is 2.38 bits per heavy atom. The molecule has 5 aliphatic rings. The number of allylic oxidation sites excluding steroid dienone is 4. The van der Waals surface area contributed by atoms with Gasteiger partial charge in [-0.15, -0.1) is 0 Å². The molecule has 7 rings (SSSR count). The quantitative estimate of drug-likeness (QED) is 0.0912. The molecule has 1 saturated heterocycles. The van der Waals surface area contributed by atoms with Crippen molar-refractivity contribution >= 4 is 52.7 Å². The van der Waals surface area contributed by atoms with E-state index in [9.17, 15) is 39.0 Å². The summed E-state index contributed by atoms with van der Waals surface area (Å²) in [6, 6.07) is 14.8. The third kappa shape index (κ3) is 10.3. The second-order valence-corrected chi connectivity index (χ2v) is 19.9. The Morgan fingerprint density at radius 2 is 1.67 bits per heavy atom. The lowest BCUT2D eigenvalue weighted by Crippen LogP contribution is -2.70. The number of benzene rings is 2. The molecule has 3 amide bonds. The zero-order chi connectivity index (χ0) is 49.7. The van der Waals surface area contributed by atoms with Crippen LogP contribution in [-0.2, 0) is 54.1 Å². The SMILES string of the molecule is CSC(CC(=O)O)C(=O)NCCC(=O)NCCOCCOCCC(=O)Nc1cccc(Cc2ccc([C@@H]3O[C@@H]4C[C@H]5[C@@H]6C[C@H](F)C7=CC(=O)C=C[C@]7(C)[C@@]6(F)[C@@H](O)C[C@]5(C)[C@]4(C(=O)CO)O3)cc2)c1. The summed E-state index contributed by atoms with van der Waals surface area (Å²) in [5, 5.41) is 38.4. The maximum atomic E-state index is 17.7. The number of fused-ring (bicyclic) bond motifs is 7. The molecule has 3 saturated carbocycles. The average Bonchev–Trinajstić information content (AvgIpc) is 3.82. The van der Waals surface area contributed by atoms with Gasteiger partial charge in [-0.3, -0.25) is 28.8 Å². The van der Waals surface area contributed by atoms with Gasteiger partial charge in [0.25, 0.3) is 0 Å². The number of aliphatic hydroxyl groups excluding tert-OH is 2. The summed E-state index contributed by atoms with van der Waals surface area (Å²) in [5.41, 5.74) is -3.83. The summed E-state index contributed by atoms with van der Waals surface area (Å²) in [5.74, 6) is -4.82. The number of halogens is 2. The van der Waals surface area contributed by atoms with E-state index in [2.05, 4.69) is 16.0 Å². The number of carbonyl (C=O) groups is 6. The fourth-order valence-corrected chi connectivity index (χ4v) is 12.0. The number of hydrogen-bond acceptors (Lipinski definition) is 13. The van der Waals surface area contributed by atoms with E-state index in [4.69, 9.17) is 24.1 Å². The zero-order valence-corrected chi connectivity index (χ0v) is 39.7. The van der Waals surface area contributed by atoms with Crippen LogP contribution >= 0.6 is 11.8 Å². The van der Waals surface area contributed by atoms with E-state index < -0.39 is 93.9 Å². The van der Waals surface area contributed by atoms with Gasteiger partial charge in [-0.05, 0) is 85.8 Å². The lowest BCUT2D eigenvalue weighted by atomic mass is 9.44. The van der Waals surface area contributed by atoms with E-state index in [1.165, 1.54) is 19.1 Å². The number of carbonyl (C=O) groups excluding carboxylic acids is 5. The maximum absolute atomic E-state index is 17.7. The first-order valence-electron chi connectivity index (χ1n) is 23.3. The van der Waals surface area contributed by atoms with Gasteiger partial charge in [0.05, 0.1) is 56.7 Å². The molecule has 0 bridgehead atoms. The number of aliphatic hydroxyl groups is 2. The topological polar surface area (TPSA) is 236 Å². The summed E-state index contributed by atoms with van der Waals surface area (Å²) < 4.78 is 57.8. The van der Waals surface area contributed by atoms with Crippen molar-refractivity contribution in [1.29, 1.82) is 0 Å². The second-order valence-electron chi connectivity index (χ2n) is 18.8. The van der Waals surface area contributed by atoms with Crippen molar-refractivity contribution in [2.24, 2.45) is 22.7 Å². The number of ether oxygens (including phenoxy) is 4. The molecule has 16 nitrogen and oxygen atoms in total. The fraction of sp³-hybridized carbons (Fsp3) is 0.560. The number of nitrogens with one attached hydrogen (secondary N) is 3. The number of carboxylic acids is 1. The smallest absolute Gasteiger partial charge is 0.305 e.